The van der Waals surface area contributed by atoms with E-state index in [1.165, 1.54) is 18.2 Å². The third kappa shape index (κ3) is 5.32. The smallest absolute Gasteiger partial charge is 0.339 e. The van der Waals surface area contributed by atoms with Gasteiger partial charge in [0.2, 0.25) is 0 Å². The van der Waals surface area contributed by atoms with Crippen LogP contribution in [0.3, 0.4) is 0 Å². The summed E-state index contributed by atoms with van der Waals surface area (Å²) in [5.74, 6) is -4.96. The van der Waals surface area contributed by atoms with Gasteiger partial charge in [-0.25, -0.2) is 14.4 Å². The van der Waals surface area contributed by atoms with Crippen LogP contribution in [0.4, 0.5) is 0 Å². The first kappa shape index (κ1) is 26.2. The van der Waals surface area contributed by atoms with Crippen LogP contribution in [0.1, 0.15) is 54.0 Å². The molecule has 186 valence electrons. The normalized spacial score (nSPS) is 16.5. The Balaban J connectivity index is 2.09. The van der Waals surface area contributed by atoms with Crippen LogP contribution in [0.5, 0.6) is 0 Å². The van der Waals surface area contributed by atoms with E-state index in [0.29, 0.717) is 20.9 Å². The summed E-state index contributed by atoms with van der Waals surface area (Å²) in [6.45, 7) is 6.88. The minimum Gasteiger partial charge on any atom is -0.465 e. The second-order valence-corrected chi connectivity index (χ2v) is 8.52. The van der Waals surface area contributed by atoms with Gasteiger partial charge in [0.05, 0.1) is 43.1 Å². The Morgan fingerprint density at radius 3 is 1.94 bits per heavy atom. The predicted molar refractivity (Wildman–Crippen MR) is 125 cm³/mol. The van der Waals surface area contributed by atoms with Crippen LogP contribution in [0, 0.1) is 5.92 Å². The molecule has 1 aromatic rings. The molecule has 10 heteroatoms. The van der Waals surface area contributed by atoms with Crippen molar-refractivity contribution in [1.29, 1.82) is 0 Å². The molecule has 0 aromatic heterocycles. The molecular weight excluding hydrogens is 476 g/mol. The number of ketones is 1. The Labute approximate surface area is 206 Å². The minimum atomic E-state index is -1.43. The second-order valence-electron chi connectivity index (χ2n) is 7.44. The maximum absolute atomic E-state index is 13.4. The Bertz CT molecular complexity index is 1150. The fourth-order valence-electron chi connectivity index (χ4n) is 3.79. The Kier molecular flexibility index (Phi) is 8.50. The average Bonchev–Trinajstić information content (AvgIpc) is 2.82. The number of benzene rings is 1. The fourth-order valence-corrected chi connectivity index (χ4v) is 4.94. The number of rotatable bonds is 8. The molecule has 1 aromatic carbocycles. The van der Waals surface area contributed by atoms with E-state index in [2.05, 4.69) is 0 Å². The third-order valence-corrected chi connectivity index (χ3v) is 6.45. The zero-order valence-corrected chi connectivity index (χ0v) is 20.7. The lowest BCUT2D eigenvalue weighted by Crippen LogP contribution is -2.36. The highest BCUT2D eigenvalue weighted by molar-refractivity contribution is 8.03. The molecule has 1 aliphatic heterocycles. The molecule has 35 heavy (non-hydrogen) atoms. The van der Waals surface area contributed by atoms with E-state index < -0.39 is 35.6 Å². The van der Waals surface area contributed by atoms with E-state index in [0.717, 1.165) is 11.8 Å². The zero-order valence-electron chi connectivity index (χ0n) is 19.9. The van der Waals surface area contributed by atoms with E-state index in [1.54, 1.807) is 27.7 Å². The van der Waals surface area contributed by atoms with Gasteiger partial charge in [-0.2, -0.15) is 0 Å². The number of Topliss-reactive ketones (excluding diaryl/α,β-unsaturated/α-hetero) is 1. The molecule has 2 aliphatic rings. The van der Waals surface area contributed by atoms with Gasteiger partial charge >= 0.3 is 23.9 Å². The van der Waals surface area contributed by atoms with Gasteiger partial charge in [-0.3, -0.25) is 9.59 Å². The van der Waals surface area contributed by atoms with Crippen molar-refractivity contribution in [2.45, 2.75) is 39.0 Å². The van der Waals surface area contributed by atoms with Crippen molar-refractivity contribution in [3.63, 3.8) is 0 Å². The number of fused-ring (bicyclic) bond motifs is 1. The number of carbonyl (C=O) groups excluding carboxylic acids is 5. The van der Waals surface area contributed by atoms with Crippen LogP contribution in [0.15, 0.2) is 39.2 Å². The van der Waals surface area contributed by atoms with Gasteiger partial charge in [-0.15, -0.1) is 0 Å². The molecule has 0 N–H and O–H groups in total. The molecule has 0 fully saturated rings. The maximum Gasteiger partial charge on any atom is 0.339 e. The van der Waals surface area contributed by atoms with Crippen LogP contribution in [0.2, 0.25) is 0 Å². The van der Waals surface area contributed by atoms with E-state index in [4.69, 9.17) is 18.9 Å². The highest BCUT2D eigenvalue weighted by atomic mass is 32.2. The molecule has 0 saturated carbocycles. The van der Waals surface area contributed by atoms with Gasteiger partial charge < -0.3 is 18.9 Å². The van der Waals surface area contributed by atoms with Crippen molar-refractivity contribution in [3.8, 4) is 0 Å². The van der Waals surface area contributed by atoms with Gasteiger partial charge in [-0.1, -0.05) is 11.8 Å². The summed E-state index contributed by atoms with van der Waals surface area (Å²) in [5, 5.41) is 0. The summed E-state index contributed by atoms with van der Waals surface area (Å²) < 4.78 is 20.3. The monoisotopic (exact) mass is 502 g/mol. The summed E-state index contributed by atoms with van der Waals surface area (Å²) in [6.07, 6.45) is 1.56. The van der Waals surface area contributed by atoms with Crippen molar-refractivity contribution < 1.29 is 42.9 Å². The van der Waals surface area contributed by atoms with Crippen LogP contribution >= 0.6 is 11.8 Å². The van der Waals surface area contributed by atoms with Crippen LogP contribution in [-0.2, 0) is 39.8 Å². The van der Waals surface area contributed by atoms with Crippen molar-refractivity contribution >= 4 is 41.4 Å². The lowest BCUT2D eigenvalue weighted by molar-refractivity contribution is -0.152. The first-order chi connectivity index (χ1) is 16.8. The first-order valence-corrected chi connectivity index (χ1v) is 12.1. The average molecular weight is 503 g/mol. The molecule has 1 heterocycles. The van der Waals surface area contributed by atoms with Crippen molar-refractivity contribution in [3.05, 3.63) is 51.0 Å². The van der Waals surface area contributed by atoms with Crippen molar-refractivity contribution in [2.24, 2.45) is 5.92 Å². The summed E-state index contributed by atoms with van der Waals surface area (Å²) in [7, 11) is 0. The SMILES string of the molecule is CCOC(=O)C1=CC2=C(Cc3cc(C(=O)OCC)c(C(=O)OCC)cc3S2)C(=O)C1C(=O)OCC. The van der Waals surface area contributed by atoms with Gasteiger partial charge in [0, 0.05) is 21.8 Å². The Morgan fingerprint density at radius 2 is 1.37 bits per heavy atom. The van der Waals surface area contributed by atoms with Crippen LogP contribution in [0.25, 0.3) is 0 Å². The number of ether oxygens (including phenoxy) is 4. The quantitative estimate of drug-likeness (QED) is 0.297. The number of hydrogen-bond acceptors (Lipinski definition) is 10. The number of allylic oxidation sites excluding steroid dienone is 2. The number of esters is 4. The summed E-state index contributed by atoms with van der Waals surface area (Å²) in [4.78, 5) is 64.8. The fraction of sp³-hybridized carbons (Fsp3) is 0.400. The van der Waals surface area contributed by atoms with Gasteiger partial charge in [0.25, 0.3) is 0 Å². The molecule has 0 saturated heterocycles. The van der Waals surface area contributed by atoms with E-state index in [-0.39, 0.29) is 49.5 Å². The molecule has 0 spiro atoms. The Morgan fingerprint density at radius 1 is 0.829 bits per heavy atom. The van der Waals surface area contributed by atoms with E-state index >= 15 is 0 Å². The lowest BCUT2D eigenvalue weighted by Gasteiger charge is -2.28. The largest absolute Gasteiger partial charge is 0.465 e. The summed E-state index contributed by atoms with van der Waals surface area (Å²) in [5.41, 5.74) is 0.892. The second kappa shape index (κ2) is 11.4. The minimum absolute atomic E-state index is 0.0293. The van der Waals surface area contributed by atoms with E-state index in [9.17, 15) is 24.0 Å². The summed E-state index contributed by atoms with van der Waals surface area (Å²) in [6, 6.07) is 3.03. The molecule has 0 radical (unpaired) electrons. The molecule has 1 unspecified atom stereocenters. The highest BCUT2D eigenvalue weighted by Gasteiger charge is 2.43. The molecule has 1 atom stereocenters. The molecule has 1 aliphatic carbocycles. The number of carbonyl (C=O) groups is 5. The van der Waals surface area contributed by atoms with Crippen molar-refractivity contribution in [1.82, 2.24) is 0 Å². The zero-order chi connectivity index (χ0) is 25.7. The Hall–Kier alpha value is -3.40. The van der Waals surface area contributed by atoms with Crippen LogP contribution < -0.4 is 0 Å². The van der Waals surface area contributed by atoms with Gasteiger partial charge in [-0.05, 0) is 51.5 Å². The van der Waals surface area contributed by atoms with Gasteiger partial charge in [0.15, 0.2) is 11.7 Å². The summed E-state index contributed by atoms with van der Waals surface area (Å²) >= 11 is 1.16. The van der Waals surface area contributed by atoms with Crippen molar-refractivity contribution in [2.75, 3.05) is 26.4 Å². The predicted octanol–water partition coefficient (Wildman–Crippen LogP) is 3.19. The molecular formula is C25H26O9S. The molecule has 0 amide bonds. The number of hydrogen-bond donors (Lipinski definition) is 0. The van der Waals surface area contributed by atoms with Crippen LogP contribution in [-0.4, -0.2) is 56.1 Å². The molecule has 3 rings (SSSR count). The molecule has 9 nitrogen and oxygen atoms in total. The topological polar surface area (TPSA) is 122 Å². The number of thioether (sulfide) groups is 1. The third-order valence-electron chi connectivity index (χ3n) is 5.27. The van der Waals surface area contributed by atoms with E-state index in [1.807, 2.05) is 0 Å². The maximum atomic E-state index is 13.4. The lowest BCUT2D eigenvalue weighted by atomic mass is 9.82. The first-order valence-electron chi connectivity index (χ1n) is 11.3. The van der Waals surface area contributed by atoms with Gasteiger partial charge in [0.1, 0.15) is 0 Å². The molecule has 0 bridgehead atoms. The standard InChI is InChI=1S/C25H26O9S/c1-5-31-22(27)14-9-13-10-16-19(35-18(13)11-15(14)23(28)32-6-2)12-17(24(29)33-7-3)20(21(16)26)25(30)34-8-4/h9,11-12,20H,5-8,10H2,1-4H3. The highest BCUT2D eigenvalue weighted by Crippen LogP contribution is 2.45.